The lowest BCUT2D eigenvalue weighted by molar-refractivity contribution is 0.104. The zero-order chi connectivity index (χ0) is 17.3. The molecular formula is C20H18O4. The number of aromatic hydroxyl groups is 1. The van der Waals surface area contributed by atoms with Crippen LogP contribution in [0.2, 0.25) is 0 Å². The van der Waals surface area contributed by atoms with Gasteiger partial charge in [-0.05, 0) is 66.9 Å². The number of furan rings is 1. The Hall–Kier alpha value is -3.01. The van der Waals surface area contributed by atoms with Crippen molar-refractivity contribution >= 4 is 22.8 Å². The number of methoxy groups -OCH3 is 1. The van der Waals surface area contributed by atoms with Gasteiger partial charge in [0.15, 0.2) is 5.78 Å². The Morgan fingerprint density at radius 3 is 2.54 bits per heavy atom. The highest BCUT2D eigenvalue weighted by molar-refractivity contribution is 6.14. The first-order valence-corrected chi connectivity index (χ1v) is 7.58. The third-order valence-electron chi connectivity index (χ3n) is 4.00. The van der Waals surface area contributed by atoms with Gasteiger partial charge in [-0.2, -0.15) is 0 Å². The number of phenols is 1. The predicted octanol–water partition coefficient (Wildman–Crippen LogP) is 4.66. The van der Waals surface area contributed by atoms with E-state index in [0.717, 1.165) is 22.1 Å². The zero-order valence-electron chi connectivity index (χ0n) is 13.8. The Labute approximate surface area is 140 Å². The normalized spacial score (nSPS) is 11.3. The third kappa shape index (κ3) is 2.78. The van der Waals surface area contributed by atoms with Gasteiger partial charge >= 0.3 is 0 Å². The molecule has 0 radical (unpaired) electrons. The highest BCUT2D eigenvalue weighted by atomic mass is 16.5. The van der Waals surface area contributed by atoms with E-state index in [9.17, 15) is 9.90 Å². The van der Waals surface area contributed by atoms with Crippen LogP contribution in [-0.2, 0) is 0 Å². The van der Waals surface area contributed by atoms with E-state index >= 15 is 0 Å². The smallest absolute Gasteiger partial charge is 0.189 e. The molecule has 4 heteroatoms. The van der Waals surface area contributed by atoms with Crippen LogP contribution in [0.25, 0.3) is 17.0 Å². The fourth-order valence-electron chi connectivity index (χ4n) is 2.76. The van der Waals surface area contributed by atoms with Crippen LogP contribution in [0.4, 0.5) is 0 Å². The number of fused-ring (bicyclic) bond motifs is 1. The first-order chi connectivity index (χ1) is 11.5. The fraction of sp³-hybridized carbons (Fsp3) is 0.150. The Morgan fingerprint density at radius 1 is 1.17 bits per heavy atom. The standard InChI is InChI=1S/C20H18O4/c1-12-10-14(11-13(2)19(12)22)4-6-17(21)15-5-7-18(23-3)16-8-9-24-20(15)16/h4-11,22H,1-3H3/b6-4+. The molecule has 0 bridgehead atoms. The molecular weight excluding hydrogens is 304 g/mol. The molecule has 0 aliphatic rings. The van der Waals surface area contributed by atoms with Crippen molar-refractivity contribution in [1.29, 1.82) is 0 Å². The number of hydrogen-bond acceptors (Lipinski definition) is 4. The van der Waals surface area contributed by atoms with Crippen LogP contribution >= 0.6 is 0 Å². The first kappa shape index (κ1) is 15.9. The van der Waals surface area contributed by atoms with Crippen molar-refractivity contribution in [1.82, 2.24) is 0 Å². The summed E-state index contributed by atoms with van der Waals surface area (Å²) < 4.78 is 10.7. The van der Waals surface area contributed by atoms with Gasteiger partial charge in [0.05, 0.1) is 24.3 Å². The molecule has 0 aliphatic carbocycles. The molecule has 0 atom stereocenters. The number of rotatable bonds is 4. The molecule has 3 rings (SSSR count). The molecule has 4 nitrogen and oxygen atoms in total. The van der Waals surface area contributed by atoms with Crippen molar-refractivity contribution in [2.75, 3.05) is 7.11 Å². The second kappa shape index (κ2) is 6.24. The summed E-state index contributed by atoms with van der Waals surface area (Å²) in [7, 11) is 1.58. The maximum Gasteiger partial charge on any atom is 0.189 e. The number of ether oxygens (including phenoxy) is 1. The van der Waals surface area contributed by atoms with E-state index < -0.39 is 0 Å². The quantitative estimate of drug-likeness (QED) is 0.560. The largest absolute Gasteiger partial charge is 0.507 e. The molecule has 1 heterocycles. The Bertz CT molecular complexity index is 924. The average Bonchev–Trinajstić information content (AvgIpc) is 3.06. The second-order valence-corrected chi connectivity index (χ2v) is 5.68. The topological polar surface area (TPSA) is 59.7 Å². The van der Waals surface area contributed by atoms with E-state index in [1.54, 1.807) is 37.6 Å². The Balaban J connectivity index is 1.95. The lowest BCUT2D eigenvalue weighted by Gasteiger charge is -2.05. The Morgan fingerprint density at radius 2 is 1.88 bits per heavy atom. The number of allylic oxidation sites excluding steroid dienone is 1. The van der Waals surface area contributed by atoms with Crippen LogP contribution in [0.1, 0.15) is 27.0 Å². The molecule has 0 unspecified atom stereocenters. The third-order valence-corrected chi connectivity index (χ3v) is 4.00. The molecule has 0 aliphatic heterocycles. The van der Waals surface area contributed by atoms with Crippen molar-refractivity contribution in [3.63, 3.8) is 0 Å². The average molecular weight is 322 g/mol. The minimum Gasteiger partial charge on any atom is -0.507 e. The summed E-state index contributed by atoms with van der Waals surface area (Å²) in [6.45, 7) is 3.66. The van der Waals surface area contributed by atoms with Gasteiger partial charge in [0, 0.05) is 0 Å². The van der Waals surface area contributed by atoms with Gasteiger partial charge in [-0.25, -0.2) is 0 Å². The monoisotopic (exact) mass is 322 g/mol. The summed E-state index contributed by atoms with van der Waals surface area (Å²) in [6, 6.07) is 8.91. The number of carbonyl (C=O) groups is 1. The highest BCUT2D eigenvalue weighted by Gasteiger charge is 2.13. The van der Waals surface area contributed by atoms with Crippen molar-refractivity contribution in [3.05, 3.63) is 64.9 Å². The van der Waals surface area contributed by atoms with Crippen LogP contribution in [0.3, 0.4) is 0 Å². The first-order valence-electron chi connectivity index (χ1n) is 7.58. The van der Waals surface area contributed by atoms with E-state index in [4.69, 9.17) is 9.15 Å². The highest BCUT2D eigenvalue weighted by Crippen LogP contribution is 2.30. The number of aryl methyl sites for hydroxylation is 2. The van der Waals surface area contributed by atoms with Gasteiger partial charge in [0.2, 0.25) is 0 Å². The summed E-state index contributed by atoms with van der Waals surface area (Å²) in [5.41, 5.74) is 3.42. The van der Waals surface area contributed by atoms with Crippen LogP contribution in [0.15, 0.2) is 47.1 Å². The van der Waals surface area contributed by atoms with Crippen LogP contribution in [0, 0.1) is 13.8 Å². The summed E-state index contributed by atoms with van der Waals surface area (Å²) in [5.74, 6) is 0.802. The molecule has 2 aromatic carbocycles. The summed E-state index contributed by atoms with van der Waals surface area (Å²) in [5, 5.41) is 10.6. The summed E-state index contributed by atoms with van der Waals surface area (Å²) >= 11 is 0. The minimum atomic E-state index is -0.152. The van der Waals surface area contributed by atoms with E-state index in [2.05, 4.69) is 0 Å². The molecule has 0 amide bonds. The van der Waals surface area contributed by atoms with Gasteiger partial charge in [-0.3, -0.25) is 4.79 Å². The van der Waals surface area contributed by atoms with Gasteiger partial charge in [-0.1, -0.05) is 6.08 Å². The zero-order valence-corrected chi connectivity index (χ0v) is 13.8. The maximum absolute atomic E-state index is 12.5. The second-order valence-electron chi connectivity index (χ2n) is 5.68. The molecule has 122 valence electrons. The maximum atomic E-state index is 12.5. The fourth-order valence-corrected chi connectivity index (χ4v) is 2.76. The number of hydrogen-bond donors (Lipinski definition) is 1. The SMILES string of the molecule is COc1ccc(C(=O)/C=C/c2cc(C)c(O)c(C)c2)c2occc12. The van der Waals surface area contributed by atoms with Gasteiger partial charge in [0.1, 0.15) is 17.1 Å². The van der Waals surface area contributed by atoms with Crippen LogP contribution in [0.5, 0.6) is 11.5 Å². The molecule has 1 N–H and O–H groups in total. The van der Waals surface area contributed by atoms with Gasteiger partial charge < -0.3 is 14.3 Å². The number of carbonyl (C=O) groups excluding carboxylic acids is 1. The Kier molecular flexibility index (Phi) is 4.13. The van der Waals surface area contributed by atoms with E-state index in [-0.39, 0.29) is 11.5 Å². The van der Waals surface area contributed by atoms with Gasteiger partial charge in [-0.15, -0.1) is 0 Å². The minimum absolute atomic E-state index is 0.152. The van der Waals surface area contributed by atoms with Crippen molar-refractivity contribution in [2.45, 2.75) is 13.8 Å². The summed E-state index contributed by atoms with van der Waals surface area (Å²) in [6.07, 6.45) is 4.79. The van der Waals surface area contributed by atoms with E-state index in [0.29, 0.717) is 16.9 Å². The predicted molar refractivity (Wildman–Crippen MR) is 93.7 cm³/mol. The number of phenolic OH excluding ortho intramolecular Hbond substituents is 1. The lowest BCUT2D eigenvalue weighted by Crippen LogP contribution is -1.96. The molecule has 0 fully saturated rings. The molecule has 0 saturated carbocycles. The van der Waals surface area contributed by atoms with Crippen molar-refractivity contribution in [2.24, 2.45) is 0 Å². The lowest BCUT2D eigenvalue weighted by atomic mass is 10.0. The number of benzene rings is 2. The van der Waals surface area contributed by atoms with Gasteiger partial charge in [0.25, 0.3) is 0 Å². The molecule has 1 aromatic heterocycles. The van der Waals surface area contributed by atoms with Crippen LogP contribution in [-0.4, -0.2) is 18.0 Å². The van der Waals surface area contributed by atoms with E-state index in [1.807, 2.05) is 26.0 Å². The van der Waals surface area contributed by atoms with Crippen molar-refractivity contribution < 1.29 is 19.1 Å². The molecule has 0 spiro atoms. The van der Waals surface area contributed by atoms with Crippen molar-refractivity contribution in [3.8, 4) is 11.5 Å². The number of ketones is 1. The molecule has 0 saturated heterocycles. The summed E-state index contributed by atoms with van der Waals surface area (Å²) in [4.78, 5) is 12.5. The van der Waals surface area contributed by atoms with E-state index in [1.165, 1.54) is 6.08 Å². The molecule has 3 aromatic rings. The van der Waals surface area contributed by atoms with Crippen LogP contribution < -0.4 is 4.74 Å². The molecule has 24 heavy (non-hydrogen) atoms.